The fraction of sp³-hybridized carbons (Fsp3) is 0.333. The lowest BCUT2D eigenvalue weighted by Crippen LogP contribution is -2.58. The minimum absolute atomic E-state index is 0.0548. The molecule has 0 N–H and O–H groups in total. The number of thioether (sulfide) groups is 1. The van der Waals surface area contributed by atoms with Gasteiger partial charge in [0.25, 0.3) is 5.91 Å². The molecule has 4 heterocycles. The lowest BCUT2D eigenvalue weighted by molar-refractivity contribution is -0.124. The van der Waals surface area contributed by atoms with E-state index in [2.05, 4.69) is 51.1 Å². The maximum absolute atomic E-state index is 14.6. The number of amides is 2. The first-order valence-electron chi connectivity index (χ1n) is 12.7. The van der Waals surface area contributed by atoms with Gasteiger partial charge < -0.3 is 14.4 Å². The van der Waals surface area contributed by atoms with Crippen LogP contribution in [0.2, 0.25) is 0 Å². The number of ether oxygens (including phenoxy) is 2. The van der Waals surface area contributed by atoms with E-state index < -0.39 is 10.4 Å². The predicted octanol–water partition coefficient (Wildman–Crippen LogP) is 5.23. The Morgan fingerprint density at radius 1 is 0.811 bits per heavy atom. The minimum Gasteiger partial charge on any atom is -0.486 e. The summed E-state index contributed by atoms with van der Waals surface area (Å²) in [6.07, 6.45) is 0.769. The van der Waals surface area contributed by atoms with Gasteiger partial charge in [0.15, 0.2) is 11.5 Å². The molecular formula is C30H28N2O4S. The molecule has 0 bridgehead atoms. The number of rotatable bonds is 2. The van der Waals surface area contributed by atoms with Gasteiger partial charge >= 0.3 is 0 Å². The van der Waals surface area contributed by atoms with Crippen LogP contribution in [-0.2, 0) is 19.9 Å². The molecule has 2 atom stereocenters. The molecule has 3 aromatic rings. The number of hydrogen-bond acceptors (Lipinski definition) is 5. The third-order valence-corrected chi connectivity index (χ3v) is 9.65. The smallest absolute Gasteiger partial charge is 0.269 e. The van der Waals surface area contributed by atoms with Crippen LogP contribution in [0.15, 0.2) is 66.7 Å². The molecular weight excluding hydrogens is 484 g/mol. The molecule has 0 saturated carbocycles. The zero-order chi connectivity index (χ0) is 25.6. The van der Waals surface area contributed by atoms with Crippen LogP contribution in [0.1, 0.15) is 43.9 Å². The standard InChI is InChI=1S/C30H28N2O4S/c1-28(2)18-29(3,19-8-5-4-6-9-19)21-10-7-11-22-26(21)32(28)27(34)30(22)31(25(33)17-37-30)20-12-13-23-24(16-20)36-15-14-35-23/h4-13,16H,14-15,17-18H2,1-3H3/t29-,30+/m1/s1. The van der Waals surface area contributed by atoms with E-state index in [1.54, 1.807) is 4.90 Å². The summed E-state index contributed by atoms with van der Waals surface area (Å²) < 4.78 is 11.5. The SMILES string of the molecule is CC1(C)C[C@](C)(c2ccccc2)c2cccc3c2N1C(=O)[C@@]31SCC(=O)N1c1ccc2c(c1)OCCO2. The number of carbonyl (C=O) groups excluding carboxylic acids is 2. The topological polar surface area (TPSA) is 59.1 Å². The molecule has 4 aliphatic rings. The average Bonchev–Trinajstić information content (AvgIpc) is 3.38. The van der Waals surface area contributed by atoms with Crippen LogP contribution >= 0.6 is 11.8 Å². The molecule has 0 unspecified atom stereocenters. The first kappa shape index (κ1) is 22.7. The van der Waals surface area contributed by atoms with E-state index in [1.165, 1.54) is 17.3 Å². The van der Waals surface area contributed by atoms with Crippen molar-refractivity contribution in [3.05, 3.63) is 83.4 Å². The molecule has 188 valence electrons. The summed E-state index contributed by atoms with van der Waals surface area (Å²) in [5.74, 6) is 1.34. The Balaban J connectivity index is 1.46. The second-order valence-corrected chi connectivity index (χ2v) is 12.2. The summed E-state index contributed by atoms with van der Waals surface area (Å²) in [6, 6.07) is 22.3. The average molecular weight is 513 g/mol. The zero-order valence-corrected chi connectivity index (χ0v) is 21.9. The van der Waals surface area contributed by atoms with Crippen LogP contribution in [0.4, 0.5) is 11.4 Å². The van der Waals surface area contributed by atoms with Gasteiger partial charge in [0, 0.05) is 28.3 Å². The van der Waals surface area contributed by atoms with Crippen molar-refractivity contribution in [1.29, 1.82) is 0 Å². The number of carbonyl (C=O) groups is 2. The lowest BCUT2D eigenvalue weighted by Gasteiger charge is -2.50. The molecule has 2 amide bonds. The second kappa shape index (κ2) is 7.54. The van der Waals surface area contributed by atoms with Crippen LogP contribution < -0.4 is 19.3 Å². The molecule has 3 aromatic carbocycles. The highest BCUT2D eigenvalue weighted by Gasteiger charge is 2.66. The Kier molecular flexibility index (Phi) is 4.63. The van der Waals surface area contributed by atoms with Crippen LogP contribution in [-0.4, -0.2) is 36.3 Å². The third-order valence-electron chi connectivity index (χ3n) is 8.27. The van der Waals surface area contributed by atoms with Gasteiger partial charge in [-0.1, -0.05) is 55.5 Å². The third kappa shape index (κ3) is 2.89. The normalized spacial score (nSPS) is 27.1. The highest BCUT2D eigenvalue weighted by Crippen LogP contribution is 2.63. The maximum Gasteiger partial charge on any atom is 0.269 e. The van der Waals surface area contributed by atoms with E-state index in [-0.39, 0.29) is 23.0 Å². The highest BCUT2D eigenvalue weighted by molar-refractivity contribution is 8.02. The van der Waals surface area contributed by atoms with Crippen molar-refractivity contribution in [1.82, 2.24) is 0 Å². The minimum atomic E-state index is -1.16. The molecule has 6 nitrogen and oxygen atoms in total. The van der Waals surface area contributed by atoms with E-state index in [0.29, 0.717) is 30.4 Å². The molecule has 37 heavy (non-hydrogen) atoms. The van der Waals surface area contributed by atoms with E-state index in [0.717, 1.165) is 23.2 Å². The van der Waals surface area contributed by atoms with Gasteiger partial charge in [-0.2, -0.15) is 0 Å². The van der Waals surface area contributed by atoms with Gasteiger partial charge in [-0.05, 0) is 43.5 Å². The molecule has 1 spiro atoms. The Morgan fingerprint density at radius 3 is 2.32 bits per heavy atom. The number of para-hydroxylation sites is 1. The molecule has 1 saturated heterocycles. The van der Waals surface area contributed by atoms with Gasteiger partial charge in [-0.25, -0.2) is 0 Å². The fourth-order valence-electron chi connectivity index (χ4n) is 6.88. The van der Waals surface area contributed by atoms with Gasteiger partial charge in [-0.3, -0.25) is 14.5 Å². The fourth-order valence-corrected chi connectivity index (χ4v) is 8.21. The van der Waals surface area contributed by atoms with Crippen molar-refractivity contribution in [2.75, 3.05) is 28.8 Å². The molecule has 1 fully saturated rings. The second-order valence-electron chi connectivity index (χ2n) is 11.0. The van der Waals surface area contributed by atoms with Crippen LogP contribution in [0.25, 0.3) is 0 Å². The van der Waals surface area contributed by atoms with Crippen LogP contribution in [0.5, 0.6) is 11.5 Å². The van der Waals surface area contributed by atoms with E-state index in [1.807, 2.05) is 41.3 Å². The quantitative estimate of drug-likeness (QED) is 0.471. The Morgan fingerprint density at radius 2 is 1.54 bits per heavy atom. The molecule has 0 aromatic heterocycles. The van der Waals surface area contributed by atoms with Crippen molar-refractivity contribution >= 4 is 35.0 Å². The summed E-state index contributed by atoms with van der Waals surface area (Å²) in [6.45, 7) is 7.50. The number of benzene rings is 3. The molecule has 7 heteroatoms. The van der Waals surface area contributed by atoms with E-state index >= 15 is 0 Å². The first-order valence-corrected chi connectivity index (χ1v) is 13.7. The van der Waals surface area contributed by atoms with E-state index in [9.17, 15) is 9.59 Å². The number of hydrogen-bond donors (Lipinski definition) is 0. The summed E-state index contributed by atoms with van der Waals surface area (Å²) in [4.78, 5) is 30.7. The molecule has 4 aliphatic heterocycles. The number of anilines is 2. The molecule has 0 radical (unpaired) electrons. The number of nitrogens with zero attached hydrogens (tertiary/aromatic N) is 2. The van der Waals surface area contributed by atoms with Crippen LogP contribution in [0.3, 0.4) is 0 Å². The lowest BCUT2D eigenvalue weighted by atomic mass is 9.65. The van der Waals surface area contributed by atoms with Crippen molar-refractivity contribution in [2.45, 2.75) is 43.0 Å². The molecule has 7 rings (SSSR count). The highest BCUT2D eigenvalue weighted by atomic mass is 32.2. The van der Waals surface area contributed by atoms with Crippen molar-refractivity contribution < 1.29 is 19.1 Å². The monoisotopic (exact) mass is 512 g/mol. The van der Waals surface area contributed by atoms with Crippen LogP contribution in [0, 0.1) is 0 Å². The van der Waals surface area contributed by atoms with Crippen molar-refractivity contribution in [3.8, 4) is 11.5 Å². The summed E-state index contributed by atoms with van der Waals surface area (Å²) >= 11 is 1.42. The van der Waals surface area contributed by atoms with Gasteiger partial charge in [0.2, 0.25) is 10.8 Å². The Labute approximate surface area is 220 Å². The van der Waals surface area contributed by atoms with Gasteiger partial charge in [0.05, 0.1) is 11.4 Å². The van der Waals surface area contributed by atoms with Crippen molar-refractivity contribution in [2.24, 2.45) is 0 Å². The van der Waals surface area contributed by atoms with Gasteiger partial charge in [-0.15, -0.1) is 11.8 Å². The Bertz CT molecular complexity index is 1470. The summed E-state index contributed by atoms with van der Waals surface area (Å²) in [7, 11) is 0. The van der Waals surface area contributed by atoms with Crippen molar-refractivity contribution in [3.63, 3.8) is 0 Å². The first-order chi connectivity index (χ1) is 17.8. The zero-order valence-electron chi connectivity index (χ0n) is 21.1. The summed E-state index contributed by atoms with van der Waals surface area (Å²) in [5, 5.41) is 0. The van der Waals surface area contributed by atoms with E-state index in [4.69, 9.17) is 9.47 Å². The summed E-state index contributed by atoms with van der Waals surface area (Å²) in [5.41, 5.74) is 4.09. The van der Waals surface area contributed by atoms with Gasteiger partial charge in [0.1, 0.15) is 13.2 Å². The number of fused-ring (bicyclic) bond motifs is 2. The maximum atomic E-state index is 14.6. The largest absolute Gasteiger partial charge is 0.486 e. The Hall–Kier alpha value is -3.45. The molecule has 0 aliphatic carbocycles. The predicted molar refractivity (Wildman–Crippen MR) is 145 cm³/mol.